The fourth-order valence-corrected chi connectivity index (χ4v) is 4.50. The Bertz CT molecular complexity index is 1410. The van der Waals surface area contributed by atoms with Crippen molar-refractivity contribution in [2.45, 2.75) is 18.2 Å². The third-order valence-electron chi connectivity index (χ3n) is 4.89. The maximum absolute atomic E-state index is 12.6. The molecule has 164 valence electrons. The van der Waals surface area contributed by atoms with E-state index in [1.807, 2.05) is 37.3 Å². The van der Waals surface area contributed by atoms with Gasteiger partial charge >= 0.3 is 11.6 Å². The molecule has 0 spiro atoms. The molecule has 0 unspecified atom stereocenters. The summed E-state index contributed by atoms with van der Waals surface area (Å²) in [7, 11) is -3.81. The number of sulfonamides is 1. The van der Waals surface area contributed by atoms with Gasteiger partial charge in [0, 0.05) is 17.5 Å². The Balaban J connectivity index is 1.57. The fraction of sp³-hybridized carbons (Fsp3) is 0.125. The monoisotopic (exact) mass is 469 g/mol. The zero-order chi connectivity index (χ0) is 22.7. The molecule has 0 saturated heterocycles. The molecule has 4 aromatic rings. The molecule has 32 heavy (non-hydrogen) atoms. The van der Waals surface area contributed by atoms with Crippen molar-refractivity contribution in [1.82, 2.24) is 0 Å². The highest BCUT2D eigenvalue weighted by molar-refractivity contribution is 7.92. The number of fused-ring (bicyclic) bond motifs is 1. The highest BCUT2D eigenvalue weighted by atomic mass is 35.5. The van der Waals surface area contributed by atoms with Gasteiger partial charge in [-0.15, -0.1) is 0 Å². The quantitative estimate of drug-likeness (QED) is 0.403. The lowest BCUT2D eigenvalue weighted by atomic mass is 10.1. The first-order valence-corrected chi connectivity index (χ1v) is 11.7. The second-order valence-corrected chi connectivity index (χ2v) is 9.31. The van der Waals surface area contributed by atoms with Crippen LogP contribution in [0.25, 0.3) is 10.8 Å². The van der Waals surface area contributed by atoms with Crippen molar-refractivity contribution in [2.24, 2.45) is 0 Å². The van der Waals surface area contributed by atoms with Crippen molar-refractivity contribution in [1.29, 1.82) is 0 Å². The number of halogens is 1. The standard InChI is InChI=1S/C24H20ClNO5S/c1-16-7-10-19(11-8-16)32(28,29)26-18-9-12-20-21(15-18)23(27)31-24(22(20)25)30-14-13-17-5-3-2-4-6-17/h2-12,15,26H,13-14H2,1H3. The summed E-state index contributed by atoms with van der Waals surface area (Å²) in [4.78, 5) is 12.6. The lowest BCUT2D eigenvalue weighted by Crippen LogP contribution is -2.13. The highest BCUT2D eigenvalue weighted by Crippen LogP contribution is 2.32. The molecule has 8 heteroatoms. The molecule has 0 fully saturated rings. The van der Waals surface area contributed by atoms with Gasteiger partial charge in [0.05, 0.1) is 16.9 Å². The second kappa shape index (κ2) is 9.06. The van der Waals surface area contributed by atoms with Crippen molar-refractivity contribution in [3.05, 3.63) is 99.4 Å². The molecule has 1 heterocycles. The molecular formula is C24H20ClNO5S. The van der Waals surface area contributed by atoms with E-state index in [1.165, 1.54) is 24.3 Å². The molecule has 0 atom stereocenters. The van der Waals surface area contributed by atoms with Crippen molar-refractivity contribution < 1.29 is 17.6 Å². The summed E-state index contributed by atoms with van der Waals surface area (Å²) in [6.45, 7) is 2.16. The van der Waals surface area contributed by atoms with E-state index in [-0.39, 0.29) is 33.5 Å². The number of rotatable bonds is 7. The average Bonchev–Trinajstić information content (AvgIpc) is 2.78. The molecule has 4 rings (SSSR count). The second-order valence-electron chi connectivity index (χ2n) is 7.25. The molecule has 0 aliphatic heterocycles. The molecule has 0 saturated carbocycles. The first-order valence-electron chi connectivity index (χ1n) is 9.86. The number of hydrogen-bond acceptors (Lipinski definition) is 5. The van der Waals surface area contributed by atoms with E-state index in [4.69, 9.17) is 20.8 Å². The topological polar surface area (TPSA) is 85.6 Å². The van der Waals surface area contributed by atoms with Gasteiger partial charge in [0.2, 0.25) is 0 Å². The average molecular weight is 470 g/mol. The zero-order valence-corrected chi connectivity index (χ0v) is 18.7. The third kappa shape index (κ3) is 4.79. The minimum Gasteiger partial charge on any atom is -0.464 e. The summed E-state index contributed by atoms with van der Waals surface area (Å²) in [6, 6.07) is 20.7. The molecule has 6 nitrogen and oxygen atoms in total. The van der Waals surface area contributed by atoms with Gasteiger partial charge in [0.15, 0.2) is 0 Å². The number of nitrogens with one attached hydrogen (secondary N) is 1. The van der Waals surface area contributed by atoms with Crippen LogP contribution in [0, 0.1) is 6.92 Å². The van der Waals surface area contributed by atoms with Crippen LogP contribution in [0.4, 0.5) is 5.69 Å². The van der Waals surface area contributed by atoms with Gasteiger partial charge in [-0.1, -0.05) is 65.7 Å². The van der Waals surface area contributed by atoms with Crippen LogP contribution in [0.15, 0.2) is 86.9 Å². The normalized spacial score (nSPS) is 11.4. The molecule has 1 N–H and O–H groups in total. The van der Waals surface area contributed by atoms with Crippen molar-refractivity contribution >= 4 is 38.1 Å². The van der Waals surface area contributed by atoms with E-state index in [1.54, 1.807) is 18.2 Å². The van der Waals surface area contributed by atoms with Gasteiger partial charge in [0.25, 0.3) is 10.0 Å². The van der Waals surface area contributed by atoms with Gasteiger partial charge in [-0.2, -0.15) is 0 Å². The predicted octanol–water partition coefficient (Wildman–Crippen LogP) is 5.18. The lowest BCUT2D eigenvalue weighted by molar-refractivity contribution is 0.235. The first kappa shape index (κ1) is 21.9. The maximum atomic E-state index is 12.6. The molecule has 1 aromatic heterocycles. The summed E-state index contributed by atoms with van der Waals surface area (Å²) in [5.74, 6) is -0.0620. The Morgan fingerprint density at radius 1 is 0.969 bits per heavy atom. The molecule has 0 radical (unpaired) electrons. The smallest absolute Gasteiger partial charge is 0.346 e. The van der Waals surface area contributed by atoms with Gasteiger partial charge in [-0.25, -0.2) is 13.2 Å². The summed E-state index contributed by atoms with van der Waals surface area (Å²) < 4.78 is 38.6. The van der Waals surface area contributed by atoms with Crippen LogP contribution in [0.1, 0.15) is 11.1 Å². The molecular weight excluding hydrogens is 450 g/mol. The number of ether oxygens (including phenoxy) is 1. The molecule has 0 amide bonds. The lowest BCUT2D eigenvalue weighted by Gasteiger charge is -2.11. The summed E-state index contributed by atoms with van der Waals surface area (Å²) in [6.07, 6.45) is 0.624. The Morgan fingerprint density at radius 3 is 2.41 bits per heavy atom. The highest BCUT2D eigenvalue weighted by Gasteiger charge is 2.17. The third-order valence-corrected chi connectivity index (χ3v) is 6.65. The molecule has 3 aromatic carbocycles. The fourth-order valence-electron chi connectivity index (χ4n) is 3.19. The van der Waals surface area contributed by atoms with Crippen molar-refractivity contribution in [3.8, 4) is 5.95 Å². The van der Waals surface area contributed by atoms with Gasteiger partial charge in [0.1, 0.15) is 5.02 Å². The predicted molar refractivity (Wildman–Crippen MR) is 125 cm³/mol. The minimum absolute atomic E-state index is 0.0620. The van der Waals surface area contributed by atoms with E-state index in [0.29, 0.717) is 11.8 Å². The van der Waals surface area contributed by atoms with Crippen LogP contribution in [0.3, 0.4) is 0 Å². The summed E-state index contributed by atoms with van der Waals surface area (Å²) in [5.41, 5.74) is 1.58. The number of anilines is 1. The number of aryl methyl sites for hydroxylation is 1. The van der Waals surface area contributed by atoms with Crippen LogP contribution in [-0.4, -0.2) is 15.0 Å². The van der Waals surface area contributed by atoms with Gasteiger partial charge < -0.3 is 9.15 Å². The largest absolute Gasteiger partial charge is 0.464 e. The van der Waals surface area contributed by atoms with Crippen molar-refractivity contribution in [2.75, 3.05) is 11.3 Å². The van der Waals surface area contributed by atoms with Crippen molar-refractivity contribution in [3.63, 3.8) is 0 Å². The van der Waals surface area contributed by atoms with Crippen LogP contribution >= 0.6 is 11.6 Å². The zero-order valence-electron chi connectivity index (χ0n) is 17.2. The van der Waals surface area contributed by atoms with Crippen LogP contribution < -0.4 is 15.1 Å². The maximum Gasteiger partial charge on any atom is 0.346 e. The Labute approximate surface area is 190 Å². The van der Waals surface area contributed by atoms with E-state index in [9.17, 15) is 13.2 Å². The number of hydrogen-bond donors (Lipinski definition) is 1. The van der Waals surface area contributed by atoms with E-state index >= 15 is 0 Å². The van der Waals surface area contributed by atoms with E-state index in [0.717, 1.165) is 11.1 Å². The van der Waals surface area contributed by atoms with Crippen LogP contribution in [0.2, 0.25) is 5.02 Å². The molecule has 0 aliphatic carbocycles. The molecule has 0 aliphatic rings. The Hall–Kier alpha value is -3.29. The molecule has 0 bridgehead atoms. The Kier molecular flexibility index (Phi) is 6.21. The summed E-state index contributed by atoms with van der Waals surface area (Å²) >= 11 is 6.40. The van der Waals surface area contributed by atoms with E-state index < -0.39 is 15.6 Å². The minimum atomic E-state index is -3.81. The summed E-state index contributed by atoms with van der Waals surface area (Å²) in [5, 5.41) is 0.714. The van der Waals surface area contributed by atoms with Gasteiger partial charge in [-0.05, 0) is 36.8 Å². The Morgan fingerprint density at radius 2 is 1.69 bits per heavy atom. The first-order chi connectivity index (χ1) is 15.3. The number of benzene rings is 3. The van der Waals surface area contributed by atoms with E-state index in [2.05, 4.69) is 4.72 Å². The van der Waals surface area contributed by atoms with Crippen LogP contribution in [-0.2, 0) is 16.4 Å². The van der Waals surface area contributed by atoms with Gasteiger partial charge in [-0.3, -0.25) is 4.72 Å². The van der Waals surface area contributed by atoms with Crippen LogP contribution in [0.5, 0.6) is 5.95 Å². The SMILES string of the molecule is Cc1ccc(S(=O)(=O)Nc2ccc3c(Cl)c(OCCc4ccccc4)oc(=O)c3c2)cc1.